The number of nitrogens with zero attached hydrogens (tertiary/aromatic N) is 1. The Morgan fingerprint density at radius 1 is 1.40 bits per heavy atom. The van der Waals surface area contributed by atoms with Crippen molar-refractivity contribution in [2.45, 2.75) is 6.42 Å². The zero-order chi connectivity index (χ0) is 11.3. The van der Waals surface area contributed by atoms with Crippen molar-refractivity contribution in [3.8, 4) is 0 Å². The van der Waals surface area contributed by atoms with Crippen LogP contribution in [0.25, 0.3) is 0 Å². The second-order valence-corrected chi connectivity index (χ2v) is 4.14. The minimum Gasteiger partial charge on any atom is -0.383 e. The fourth-order valence-corrected chi connectivity index (χ4v) is 1.42. The molecular formula is C11H16ClFN2. The van der Waals surface area contributed by atoms with E-state index < -0.39 is 0 Å². The van der Waals surface area contributed by atoms with E-state index in [0.717, 1.165) is 19.5 Å². The molecule has 15 heavy (non-hydrogen) atoms. The summed E-state index contributed by atoms with van der Waals surface area (Å²) in [4.78, 5) is 2.09. The van der Waals surface area contributed by atoms with Crippen LogP contribution in [-0.2, 0) is 0 Å². The molecule has 1 rings (SSSR count). The van der Waals surface area contributed by atoms with Gasteiger partial charge in [0.15, 0.2) is 0 Å². The number of halogens is 2. The predicted octanol–water partition coefficient (Wildman–Crippen LogP) is 2.84. The lowest BCUT2D eigenvalue weighted by molar-refractivity contribution is 0.405. The van der Waals surface area contributed by atoms with Gasteiger partial charge in [-0.25, -0.2) is 4.39 Å². The van der Waals surface area contributed by atoms with Crippen molar-refractivity contribution in [3.63, 3.8) is 0 Å². The molecule has 0 saturated carbocycles. The molecule has 0 heterocycles. The van der Waals surface area contributed by atoms with Crippen molar-refractivity contribution >= 4 is 17.3 Å². The zero-order valence-electron chi connectivity index (χ0n) is 9.06. The lowest BCUT2D eigenvalue weighted by Gasteiger charge is -2.11. The summed E-state index contributed by atoms with van der Waals surface area (Å²) in [5.41, 5.74) is 0.473. The van der Waals surface area contributed by atoms with Gasteiger partial charge in [-0.05, 0) is 45.3 Å². The van der Waals surface area contributed by atoms with E-state index in [1.165, 1.54) is 6.07 Å². The van der Waals surface area contributed by atoms with Crippen LogP contribution in [0.2, 0.25) is 5.02 Å². The fourth-order valence-electron chi connectivity index (χ4n) is 1.25. The van der Waals surface area contributed by atoms with Crippen LogP contribution >= 0.6 is 11.6 Å². The summed E-state index contributed by atoms with van der Waals surface area (Å²) in [6.07, 6.45) is 0.971. The monoisotopic (exact) mass is 230 g/mol. The van der Waals surface area contributed by atoms with Gasteiger partial charge in [-0.2, -0.15) is 0 Å². The van der Waals surface area contributed by atoms with E-state index in [4.69, 9.17) is 11.6 Å². The quantitative estimate of drug-likeness (QED) is 0.783. The normalized spacial score (nSPS) is 10.7. The van der Waals surface area contributed by atoms with Gasteiger partial charge in [-0.15, -0.1) is 0 Å². The number of hydrogen-bond donors (Lipinski definition) is 1. The third-order valence-electron chi connectivity index (χ3n) is 2.03. The molecule has 0 aromatic heterocycles. The highest BCUT2D eigenvalue weighted by atomic mass is 35.5. The molecule has 0 saturated heterocycles. The number of anilines is 1. The van der Waals surface area contributed by atoms with E-state index in [1.54, 1.807) is 12.1 Å². The van der Waals surface area contributed by atoms with Gasteiger partial charge in [0, 0.05) is 11.6 Å². The summed E-state index contributed by atoms with van der Waals surface area (Å²) in [7, 11) is 4.03. The molecule has 4 heteroatoms. The molecule has 0 radical (unpaired) electrons. The highest BCUT2D eigenvalue weighted by Crippen LogP contribution is 2.19. The highest BCUT2D eigenvalue weighted by molar-refractivity contribution is 6.30. The minimum atomic E-state index is -0.260. The standard InChI is InChI=1S/C11H16ClFN2/c1-15(2)7-3-6-14-11-8-9(12)4-5-10(11)13/h4-5,8,14H,3,6-7H2,1-2H3. The first-order valence-electron chi connectivity index (χ1n) is 4.93. The molecule has 0 unspecified atom stereocenters. The molecule has 0 atom stereocenters. The van der Waals surface area contributed by atoms with E-state index in [2.05, 4.69) is 10.2 Å². The smallest absolute Gasteiger partial charge is 0.146 e. The van der Waals surface area contributed by atoms with Gasteiger partial charge in [0.1, 0.15) is 5.82 Å². The molecule has 1 N–H and O–H groups in total. The topological polar surface area (TPSA) is 15.3 Å². The first-order valence-corrected chi connectivity index (χ1v) is 5.31. The highest BCUT2D eigenvalue weighted by Gasteiger charge is 2.01. The summed E-state index contributed by atoms with van der Waals surface area (Å²) in [6.45, 7) is 1.73. The summed E-state index contributed by atoms with van der Waals surface area (Å²) >= 11 is 5.77. The first kappa shape index (κ1) is 12.3. The Labute approximate surface area is 95.0 Å². The Hall–Kier alpha value is -0.800. The van der Waals surface area contributed by atoms with Crippen molar-refractivity contribution in [1.82, 2.24) is 4.90 Å². The molecule has 0 fully saturated rings. The Kier molecular flexibility index (Phi) is 4.85. The van der Waals surface area contributed by atoms with E-state index in [1.807, 2.05) is 14.1 Å². The van der Waals surface area contributed by atoms with Crippen LogP contribution in [0.5, 0.6) is 0 Å². The van der Waals surface area contributed by atoms with Crippen LogP contribution in [0.3, 0.4) is 0 Å². The van der Waals surface area contributed by atoms with Gasteiger partial charge in [0.05, 0.1) is 5.69 Å². The van der Waals surface area contributed by atoms with Crippen molar-refractivity contribution in [3.05, 3.63) is 29.0 Å². The van der Waals surface area contributed by atoms with Gasteiger partial charge in [-0.1, -0.05) is 11.6 Å². The fraction of sp³-hybridized carbons (Fsp3) is 0.455. The third kappa shape index (κ3) is 4.49. The molecular weight excluding hydrogens is 215 g/mol. The van der Waals surface area contributed by atoms with E-state index in [0.29, 0.717) is 10.7 Å². The van der Waals surface area contributed by atoms with Crippen LogP contribution in [0, 0.1) is 5.82 Å². The summed E-state index contributed by atoms with van der Waals surface area (Å²) in [5.74, 6) is -0.260. The molecule has 0 amide bonds. The van der Waals surface area contributed by atoms with Gasteiger partial charge >= 0.3 is 0 Å². The van der Waals surface area contributed by atoms with Crippen LogP contribution < -0.4 is 5.32 Å². The largest absolute Gasteiger partial charge is 0.383 e. The molecule has 1 aromatic rings. The minimum absolute atomic E-state index is 0.260. The Morgan fingerprint density at radius 2 is 2.13 bits per heavy atom. The molecule has 0 aliphatic heterocycles. The average molecular weight is 231 g/mol. The van der Waals surface area contributed by atoms with Crippen LogP contribution in [0.15, 0.2) is 18.2 Å². The van der Waals surface area contributed by atoms with Crippen LogP contribution in [0.1, 0.15) is 6.42 Å². The maximum absolute atomic E-state index is 13.2. The van der Waals surface area contributed by atoms with E-state index in [-0.39, 0.29) is 5.82 Å². The van der Waals surface area contributed by atoms with Crippen molar-refractivity contribution in [2.24, 2.45) is 0 Å². The molecule has 0 aliphatic rings. The number of benzene rings is 1. The maximum Gasteiger partial charge on any atom is 0.146 e. The predicted molar refractivity (Wildman–Crippen MR) is 63.1 cm³/mol. The summed E-state index contributed by atoms with van der Waals surface area (Å²) in [6, 6.07) is 4.52. The Morgan fingerprint density at radius 3 is 2.80 bits per heavy atom. The van der Waals surface area contributed by atoms with E-state index >= 15 is 0 Å². The van der Waals surface area contributed by atoms with Crippen molar-refractivity contribution in [1.29, 1.82) is 0 Å². The second kappa shape index (κ2) is 5.93. The van der Waals surface area contributed by atoms with E-state index in [9.17, 15) is 4.39 Å². The van der Waals surface area contributed by atoms with Gasteiger partial charge in [-0.3, -0.25) is 0 Å². The number of rotatable bonds is 5. The number of nitrogens with one attached hydrogen (secondary N) is 1. The Bertz CT molecular complexity index is 315. The van der Waals surface area contributed by atoms with Crippen molar-refractivity contribution < 1.29 is 4.39 Å². The molecule has 84 valence electrons. The average Bonchev–Trinajstić information content (AvgIpc) is 2.17. The third-order valence-corrected chi connectivity index (χ3v) is 2.26. The molecule has 1 aromatic carbocycles. The van der Waals surface area contributed by atoms with Gasteiger partial charge in [0.25, 0.3) is 0 Å². The molecule has 0 spiro atoms. The molecule has 2 nitrogen and oxygen atoms in total. The zero-order valence-corrected chi connectivity index (χ0v) is 9.81. The van der Waals surface area contributed by atoms with Gasteiger partial charge in [0.2, 0.25) is 0 Å². The maximum atomic E-state index is 13.2. The lowest BCUT2D eigenvalue weighted by atomic mass is 10.3. The Balaban J connectivity index is 2.40. The summed E-state index contributed by atoms with van der Waals surface area (Å²) < 4.78 is 13.2. The van der Waals surface area contributed by atoms with Crippen LogP contribution in [-0.4, -0.2) is 32.1 Å². The molecule has 0 bridgehead atoms. The van der Waals surface area contributed by atoms with Crippen LogP contribution in [0.4, 0.5) is 10.1 Å². The molecule has 0 aliphatic carbocycles. The van der Waals surface area contributed by atoms with Gasteiger partial charge < -0.3 is 10.2 Å². The number of hydrogen-bond acceptors (Lipinski definition) is 2. The lowest BCUT2D eigenvalue weighted by Crippen LogP contribution is -2.16. The van der Waals surface area contributed by atoms with Crippen molar-refractivity contribution in [2.75, 3.05) is 32.5 Å². The SMILES string of the molecule is CN(C)CCCNc1cc(Cl)ccc1F. The summed E-state index contributed by atoms with van der Waals surface area (Å²) in [5, 5.41) is 3.57. The first-order chi connectivity index (χ1) is 7.09. The second-order valence-electron chi connectivity index (χ2n) is 3.71.